The lowest BCUT2D eigenvalue weighted by Gasteiger charge is -2.31. The molecule has 1 aromatic heterocycles. The molecule has 23 heavy (non-hydrogen) atoms. The van der Waals surface area contributed by atoms with E-state index in [1.807, 2.05) is 22.7 Å². The molecule has 1 saturated heterocycles. The van der Waals surface area contributed by atoms with Crippen LogP contribution in [0.25, 0.3) is 0 Å². The number of hydrogen-bond donors (Lipinski definition) is 2. The van der Waals surface area contributed by atoms with E-state index in [-0.39, 0.29) is 30.3 Å². The smallest absolute Gasteiger partial charge is 0.231 e. The third-order valence-corrected chi connectivity index (χ3v) is 4.87. The summed E-state index contributed by atoms with van der Waals surface area (Å²) in [6, 6.07) is 0.0196. The number of aromatic nitrogens is 2. The van der Waals surface area contributed by atoms with Crippen molar-refractivity contribution in [2.75, 3.05) is 19.6 Å². The number of nitrogens with two attached hydrogens (primary N) is 1. The number of piperidine rings is 1. The van der Waals surface area contributed by atoms with Crippen LogP contribution in [0.5, 0.6) is 0 Å². The summed E-state index contributed by atoms with van der Waals surface area (Å²) in [6.07, 6.45) is 7.54. The standard InChI is InChI=1S/C16H25N5O2/c1-20-9-6-18-15(20)14(11-2-3-11)19-16(23)12-4-7-21(8-5-12)10-13(17)22/h6,9,11-12,14H,2-5,7-8,10H2,1H3,(H2,17,22)(H,19,23)/t14-/m1/s1. The van der Waals surface area contributed by atoms with Crippen molar-refractivity contribution in [1.29, 1.82) is 0 Å². The molecular weight excluding hydrogens is 294 g/mol. The molecule has 126 valence electrons. The fourth-order valence-electron chi connectivity index (χ4n) is 3.34. The zero-order valence-electron chi connectivity index (χ0n) is 13.6. The average molecular weight is 319 g/mol. The first-order valence-electron chi connectivity index (χ1n) is 8.33. The first-order valence-corrected chi connectivity index (χ1v) is 8.33. The highest BCUT2D eigenvalue weighted by Gasteiger charge is 2.37. The molecular formula is C16H25N5O2. The zero-order chi connectivity index (χ0) is 16.4. The molecule has 3 rings (SSSR count). The van der Waals surface area contributed by atoms with E-state index < -0.39 is 0 Å². The van der Waals surface area contributed by atoms with Gasteiger partial charge in [-0.15, -0.1) is 0 Å². The summed E-state index contributed by atoms with van der Waals surface area (Å²) >= 11 is 0. The van der Waals surface area contributed by atoms with Crippen molar-refractivity contribution in [2.45, 2.75) is 31.7 Å². The second-order valence-electron chi connectivity index (χ2n) is 6.74. The third-order valence-electron chi connectivity index (χ3n) is 4.87. The summed E-state index contributed by atoms with van der Waals surface area (Å²) in [6.45, 7) is 1.78. The van der Waals surface area contributed by atoms with Crippen LogP contribution in [0.15, 0.2) is 12.4 Å². The quantitative estimate of drug-likeness (QED) is 0.782. The lowest BCUT2D eigenvalue weighted by Crippen LogP contribution is -2.44. The van der Waals surface area contributed by atoms with E-state index in [2.05, 4.69) is 10.3 Å². The Morgan fingerprint density at radius 2 is 2.04 bits per heavy atom. The Balaban J connectivity index is 1.56. The molecule has 2 heterocycles. The van der Waals surface area contributed by atoms with Crippen LogP contribution in [0.2, 0.25) is 0 Å². The molecule has 1 aromatic rings. The fraction of sp³-hybridized carbons (Fsp3) is 0.688. The van der Waals surface area contributed by atoms with Crippen molar-refractivity contribution in [3.05, 3.63) is 18.2 Å². The van der Waals surface area contributed by atoms with Crippen molar-refractivity contribution in [3.63, 3.8) is 0 Å². The van der Waals surface area contributed by atoms with E-state index in [1.54, 1.807) is 6.20 Å². The van der Waals surface area contributed by atoms with Crippen molar-refractivity contribution in [1.82, 2.24) is 19.8 Å². The van der Waals surface area contributed by atoms with Gasteiger partial charge in [0.05, 0.1) is 12.6 Å². The van der Waals surface area contributed by atoms with Gasteiger partial charge in [0.1, 0.15) is 5.82 Å². The van der Waals surface area contributed by atoms with Gasteiger partial charge in [-0.3, -0.25) is 14.5 Å². The van der Waals surface area contributed by atoms with Crippen LogP contribution in [-0.4, -0.2) is 45.9 Å². The van der Waals surface area contributed by atoms with E-state index in [9.17, 15) is 9.59 Å². The number of likely N-dealkylation sites (tertiary alicyclic amines) is 1. The largest absolute Gasteiger partial charge is 0.369 e. The number of amides is 2. The zero-order valence-corrected chi connectivity index (χ0v) is 13.6. The number of carbonyl (C=O) groups is 2. The molecule has 3 N–H and O–H groups in total. The number of hydrogen-bond acceptors (Lipinski definition) is 4. The Hall–Kier alpha value is -1.89. The monoisotopic (exact) mass is 319 g/mol. The number of imidazole rings is 1. The lowest BCUT2D eigenvalue weighted by atomic mass is 9.95. The van der Waals surface area contributed by atoms with Crippen LogP contribution in [-0.2, 0) is 16.6 Å². The Labute approximate surface area is 136 Å². The van der Waals surface area contributed by atoms with E-state index in [0.717, 1.165) is 44.6 Å². The maximum Gasteiger partial charge on any atom is 0.231 e. The highest BCUT2D eigenvalue weighted by atomic mass is 16.2. The van der Waals surface area contributed by atoms with Gasteiger partial charge in [0.15, 0.2) is 0 Å². The Kier molecular flexibility index (Phi) is 4.66. The summed E-state index contributed by atoms with van der Waals surface area (Å²) in [7, 11) is 1.96. The molecule has 0 spiro atoms. The van der Waals surface area contributed by atoms with Crippen molar-refractivity contribution >= 4 is 11.8 Å². The summed E-state index contributed by atoms with van der Waals surface area (Å²) in [4.78, 5) is 30.0. The molecule has 0 unspecified atom stereocenters. The van der Waals surface area contributed by atoms with Crippen LogP contribution < -0.4 is 11.1 Å². The summed E-state index contributed by atoms with van der Waals surface area (Å²) in [5.41, 5.74) is 5.22. The molecule has 1 saturated carbocycles. The minimum Gasteiger partial charge on any atom is -0.369 e. The fourth-order valence-corrected chi connectivity index (χ4v) is 3.34. The SMILES string of the molecule is Cn1ccnc1[C@H](NC(=O)C1CCN(CC(N)=O)CC1)C1CC1. The number of nitrogens with zero attached hydrogens (tertiary/aromatic N) is 3. The maximum atomic E-state index is 12.6. The second-order valence-corrected chi connectivity index (χ2v) is 6.74. The van der Waals surface area contributed by atoms with Crippen LogP contribution in [0.3, 0.4) is 0 Å². The van der Waals surface area contributed by atoms with Gasteiger partial charge >= 0.3 is 0 Å². The predicted molar refractivity (Wildman–Crippen MR) is 85.2 cm³/mol. The lowest BCUT2D eigenvalue weighted by molar-refractivity contribution is -0.127. The minimum absolute atomic E-state index is 0.0145. The van der Waals surface area contributed by atoms with E-state index in [1.165, 1.54) is 0 Å². The number of primary amides is 1. The van der Waals surface area contributed by atoms with Crippen molar-refractivity contribution in [3.8, 4) is 0 Å². The van der Waals surface area contributed by atoms with Gasteiger partial charge in [-0.1, -0.05) is 0 Å². The van der Waals surface area contributed by atoms with E-state index in [0.29, 0.717) is 5.92 Å². The van der Waals surface area contributed by atoms with Crippen LogP contribution >= 0.6 is 0 Å². The highest BCUT2D eigenvalue weighted by molar-refractivity contribution is 5.79. The van der Waals surface area contributed by atoms with Crippen LogP contribution in [0.1, 0.15) is 37.5 Å². The Morgan fingerprint density at radius 1 is 1.35 bits per heavy atom. The summed E-state index contributed by atoms with van der Waals surface area (Å²) < 4.78 is 1.98. The molecule has 1 atom stereocenters. The van der Waals surface area contributed by atoms with Gasteiger partial charge in [0.25, 0.3) is 0 Å². The van der Waals surface area contributed by atoms with Crippen LogP contribution in [0.4, 0.5) is 0 Å². The number of nitrogens with one attached hydrogen (secondary N) is 1. The van der Waals surface area contributed by atoms with E-state index in [4.69, 9.17) is 5.73 Å². The van der Waals surface area contributed by atoms with Gasteiger partial charge in [-0.25, -0.2) is 4.98 Å². The van der Waals surface area contributed by atoms with Gasteiger partial charge in [-0.2, -0.15) is 0 Å². The second kappa shape index (κ2) is 6.70. The molecule has 2 fully saturated rings. The molecule has 1 aliphatic carbocycles. The molecule has 2 aliphatic rings. The minimum atomic E-state index is -0.309. The Morgan fingerprint density at radius 3 is 2.57 bits per heavy atom. The van der Waals surface area contributed by atoms with Crippen molar-refractivity contribution < 1.29 is 9.59 Å². The molecule has 0 aromatic carbocycles. The first kappa shape index (κ1) is 16.0. The first-order chi connectivity index (χ1) is 11.0. The van der Waals surface area contributed by atoms with Gasteiger partial charge < -0.3 is 15.6 Å². The molecule has 7 nitrogen and oxygen atoms in total. The predicted octanol–water partition coefficient (Wildman–Crippen LogP) is 0.185. The van der Waals surface area contributed by atoms with Crippen LogP contribution in [0, 0.1) is 11.8 Å². The summed E-state index contributed by atoms with van der Waals surface area (Å²) in [5.74, 6) is 1.27. The third kappa shape index (κ3) is 3.90. The highest BCUT2D eigenvalue weighted by Crippen LogP contribution is 2.40. The average Bonchev–Trinajstić information content (AvgIpc) is 3.27. The molecule has 0 bridgehead atoms. The number of aryl methyl sites for hydroxylation is 1. The van der Waals surface area contributed by atoms with E-state index >= 15 is 0 Å². The Bertz CT molecular complexity index is 573. The summed E-state index contributed by atoms with van der Waals surface area (Å²) in [5, 5.41) is 3.22. The van der Waals surface area contributed by atoms with Gasteiger partial charge in [0, 0.05) is 25.4 Å². The van der Waals surface area contributed by atoms with Gasteiger partial charge in [-0.05, 0) is 44.7 Å². The number of rotatable bonds is 6. The maximum absolute atomic E-state index is 12.6. The van der Waals surface area contributed by atoms with Crippen molar-refractivity contribution in [2.24, 2.45) is 24.6 Å². The molecule has 2 amide bonds. The molecule has 0 radical (unpaired) electrons. The van der Waals surface area contributed by atoms with Gasteiger partial charge in [0.2, 0.25) is 11.8 Å². The normalized spacial score (nSPS) is 21.1. The topological polar surface area (TPSA) is 93.2 Å². The molecule has 7 heteroatoms. The molecule has 1 aliphatic heterocycles. The number of carbonyl (C=O) groups excluding carboxylic acids is 2.